The van der Waals surface area contributed by atoms with Crippen molar-refractivity contribution in [3.05, 3.63) is 172 Å². The molecule has 0 spiro atoms. The van der Waals surface area contributed by atoms with Crippen LogP contribution >= 0.6 is 0 Å². The molecule has 0 bridgehead atoms. The van der Waals surface area contributed by atoms with Crippen molar-refractivity contribution in [3.63, 3.8) is 0 Å². The van der Waals surface area contributed by atoms with Crippen molar-refractivity contribution in [2.24, 2.45) is 0 Å². The largest absolute Gasteiger partial charge is 0.0557 e. The molecule has 4 rings (SSSR count). The highest BCUT2D eigenvalue weighted by atomic mass is 14.2. The van der Waals surface area contributed by atoms with Crippen LogP contribution < -0.4 is 0 Å². The van der Waals surface area contributed by atoms with Gasteiger partial charge in [0.25, 0.3) is 0 Å². The molecule has 0 fully saturated rings. The Morgan fingerprint density at radius 1 is 0.295 bits per heavy atom. The lowest BCUT2D eigenvalue weighted by Gasteiger charge is -2.18. The van der Waals surface area contributed by atoms with Crippen LogP contribution in [0.4, 0.5) is 0 Å². The summed E-state index contributed by atoms with van der Waals surface area (Å²) >= 11 is 0. The first kappa shape index (κ1) is 32.2. The zero-order valence-corrected chi connectivity index (χ0v) is 28.6. The van der Waals surface area contributed by atoms with Crippen molar-refractivity contribution in [2.45, 2.75) is 83.1 Å². The molecular weight excluding hydrogens is 528 g/mol. The van der Waals surface area contributed by atoms with Crippen LogP contribution in [-0.4, -0.2) is 0 Å². The van der Waals surface area contributed by atoms with Crippen LogP contribution in [0.2, 0.25) is 0 Å². The number of benzene rings is 4. The van der Waals surface area contributed by atoms with Crippen molar-refractivity contribution in [3.8, 4) is 0 Å². The second-order valence-electron chi connectivity index (χ2n) is 12.6. The predicted octanol–water partition coefficient (Wildman–Crippen LogP) is 11.3. The molecule has 0 atom stereocenters. The van der Waals surface area contributed by atoms with E-state index in [4.69, 9.17) is 0 Å². The van der Waals surface area contributed by atoms with Gasteiger partial charge >= 0.3 is 0 Å². The molecule has 0 radical (unpaired) electrons. The molecule has 220 valence electrons. The van der Waals surface area contributed by atoms with Crippen LogP contribution in [-0.2, 0) is 0 Å². The predicted molar refractivity (Wildman–Crippen MR) is 189 cm³/mol. The molecule has 0 N–H and O–H groups in total. The van der Waals surface area contributed by atoms with Crippen LogP contribution in [0.15, 0.2) is 82.9 Å². The van der Waals surface area contributed by atoms with Gasteiger partial charge in [0, 0.05) is 11.1 Å². The Balaban J connectivity index is 2.11. The molecule has 0 aromatic heterocycles. The van der Waals surface area contributed by atoms with Gasteiger partial charge in [0.2, 0.25) is 0 Å². The van der Waals surface area contributed by atoms with E-state index in [-0.39, 0.29) is 0 Å². The quantitative estimate of drug-likeness (QED) is 0.213. The molecular formula is C44H44. The third-order valence-electron chi connectivity index (χ3n) is 8.27. The summed E-state index contributed by atoms with van der Waals surface area (Å²) in [7, 11) is 0. The first-order valence-corrected chi connectivity index (χ1v) is 15.4. The molecule has 0 aliphatic rings. The van der Waals surface area contributed by atoms with Gasteiger partial charge in [0.1, 0.15) is 0 Å². The maximum absolute atomic E-state index is 3.47. The summed E-state index contributed by atoms with van der Waals surface area (Å²) in [4.78, 5) is 0. The Kier molecular flexibility index (Phi) is 9.74. The molecule has 0 amide bonds. The van der Waals surface area contributed by atoms with E-state index in [9.17, 15) is 0 Å². The third kappa shape index (κ3) is 6.92. The Labute approximate surface area is 265 Å². The number of rotatable bonds is 4. The molecule has 0 saturated heterocycles. The Morgan fingerprint density at radius 2 is 0.477 bits per heavy atom. The van der Waals surface area contributed by atoms with Gasteiger partial charge in [-0.05, 0) is 173 Å². The topological polar surface area (TPSA) is 0 Å². The summed E-state index contributed by atoms with van der Waals surface area (Å²) in [6.07, 6.45) is 0. The van der Waals surface area contributed by atoms with E-state index in [1.807, 2.05) is 0 Å². The van der Waals surface area contributed by atoms with Crippen molar-refractivity contribution < 1.29 is 0 Å². The van der Waals surface area contributed by atoms with Gasteiger partial charge < -0.3 is 0 Å². The summed E-state index contributed by atoms with van der Waals surface area (Å²) < 4.78 is 0. The zero-order chi connectivity index (χ0) is 32.3. The van der Waals surface area contributed by atoms with Crippen molar-refractivity contribution >= 4 is 11.1 Å². The maximum Gasteiger partial charge on any atom is 0.0411 e. The van der Waals surface area contributed by atoms with Gasteiger partial charge in [-0.2, -0.15) is 0 Å². The average molecular weight is 573 g/mol. The minimum Gasteiger partial charge on any atom is -0.0557 e. The van der Waals surface area contributed by atoms with E-state index in [0.717, 1.165) is 11.1 Å². The molecule has 0 aliphatic carbocycles. The molecule has 0 nitrogen and oxygen atoms in total. The van der Waals surface area contributed by atoms with E-state index in [0.29, 0.717) is 0 Å². The van der Waals surface area contributed by atoms with E-state index >= 15 is 0 Å². The van der Waals surface area contributed by atoms with E-state index in [1.54, 1.807) is 0 Å². The first-order valence-electron chi connectivity index (χ1n) is 15.4. The van der Waals surface area contributed by atoms with Crippen LogP contribution in [0.5, 0.6) is 0 Å². The Hall–Kier alpha value is -4.70. The lowest BCUT2D eigenvalue weighted by atomic mass is 9.85. The molecule has 0 heteroatoms. The van der Waals surface area contributed by atoms with Crippen molar-refractivity contribution in [1.29, 1.82) is 0 Å². The lowest BCUT2D eigenvalue weighted by molar-refractivity contribution is 1.25. The van der Waals surface area contributed by atoms with Crippen LogP contribution in [0.1, 0.15) is 89.0 Å². The van der Waals surface area contributed by atoms with Gasteiger partial charge in [-0.25, -0.2) is 0 Å². The van der Waals surface area contributed by atoms with Gasteiger partial charge in [-0.3, -0.25) is 0 Å². The van der Waals surface area contributed by atoms with Crippen LogP contribution in [0.3, 0.4) is 0 Å². The molecule has 0 aliphatic heterocycles. The Bertz CT molecular complexity index is 1710. The van der Waals surface area contributed by atoms with Crippen molar-refractivity contribution in [1.82, 2.24) is 0 Å². The van der Waals surface area contributed by atoms with Crippen molar-refractivity contribution in [2.75, 3.05) is 0 Å². The van der Waals surface area contributed by atoms with Crippen LogP contribution in [0.25, 0.3) is 11.1 Å². The maximum atomic E-state index is 3.47. The van der Waals surface area contributed by atoms with Gasteiger partial charge in [0.05, 0.1) is 0 Å². The number of aryl methyl sites for hydroxylation is 12. The van der Waals surface area contributed by atoms with E-state index in [2.05, 4.69) is 166 Å². The number of hydrogen-bond acceptors (Lipinski definition) is 0. The highest BCUT2D eigenvalue weighted by Gasteiger charge is 2.17. The molecule has 44 heavy (non-hydrogen) atoms. The van der Waals surface area contributed by atoms with E-state index < -0.39 is 0 Å². The second kappa shape index (κ2) is 13.3. The highest BCUT2D eigenvalue weighted by Crippen LogP contribution is 2.35. The fraction of sp³-hybridized carbons (Fsp3) is 0.273. The monoisotopic (exact) mass is 572 g/mol. The van der Waals surface area contributed by atoms with Gasteiger partial charge in [0.15, 0.2) is 0 Å². The third-order valence-corrected chi connectivity index (χ3v) is 8.27. The fourth-order valence-electron chi connectivity index (χ4n) is 7.05. The highest BCUT2D eigenvalue weighted by molar-refractivity contribution is 5.86. The summed E-state index contributed by atoms with van der Waals surface area (Å²) in [5.74, 6) is 0. The summed E-state index contributed by atoms with van der Waals surface area (Å²) in [6, 6.07) is 17.9. The minimum absolute atomic E-state index is 1.03. The standard InChI is InChI=1S/C44H44/c1-27-19-31(5)41(32(6)20-27)39(42-33(7)21-28(2)22-34(42)8)17-15-13-14-16-18-40(43-35(9)23-29(3)24-36(43)10)44-37(11)25-30(4)26-38(44)12/h19-26H,1-12H3. The zero-order valence-electron chi connectivity index (χ0n) is 28.6. The number of hydrogen-bond donors (Lipinski definition) is 0. The van der Waals surface area contributed by atoms with Gasteiger partial charge in [-0.1, -0.05) is 82.2 Å². The second-order valence-corrected chi connectivity index (χ2v) is 12.6. The molecule has 0 heterocycles. The SMILES string of the molecule is Cc1cc(C)c(C(=C=C=C=C=C=C=C(c2c(C)cc(C)cc2C)c2c(C)cc(C)cc2C)c2c(C)cc(C)cc2C)c(C)c1. The lowest BCUT2D eigenvalue weighted by Crippen LogP contribution is -2.00. The normalized spacial score (nSPS) is 10.2. The van der Waals surface area contributed by atoms with Gasteiger partial charge in [-0.15, -0.1) is 0 Å². The molecule has 0 unspecified atom stereocenters. The molecule has 4 aromatic carbocycles. The van der Waals surface area contributed by atoms with Crippen LogP contribution in [0, 0.1) is 83.1 Å². The summed E-state index contributed by atoms with van der Waals surface area (Å²) in [5, 5.41) is 0. The first-order chi connectivity index (χ1) is 20.8. The smallest absolute Gasteiger partial charge is 0.0411 e. The Morgan fingerprint density at radius 3 is 0.659 bits per heavy atom. The van der Waals surface area contributed by atoms with E-state index in [1.165, 1.54) is 89.0 Å². The minimum atomic E-state index is 1.03. The summed E-state index contributed by atoms with van der Waals surface area (Å²) in [6.45, 7) is 26.0. The average Bonchev–Trinajstić information content (AvgIpc) is 2.87. The fourth-order valence-corrected chi connectivity index (χ4v) is 7.05. The molecule has 0 saturated carbocycles. The molecule has 4 aromatic rings. The summed E-state index contributed by atoms with van der Waals surface area (Å²) in [5.41, 5.74) is 41.1.